The van der Waals surface area contributed by atoms with E-state index in [1.807, 2.05) is 0 Å². The van der Waals surface area contributed by atoms with Gasteiger partial charge in [-0.1, -0.05) is 52.4 Å². The third-order valence-electron chi connectivity index (χ3n) is 6.67. The minimum Gasteiger partial charge on any atom is -0.427 e. The summed E-state index contributed by atoms with van der Waals surface area (Å²) in [6, 6.07) is 17.0. The van der Waals surface area contributed by atoms with Crippen LogP contribution in [0.4, 0.5) is 0 Å². The molecule has 43 heavy (non-hydrogen) atoms. The first kappa shape index (κ1) is 33.0. The fourth-order valence-corrected chi connectivity index (χ4v) is 4.20. The van der Waals surface area contributed by atoms with Crippen molar-refractivity contribution < 1.29 is 38.1 Å². The van der Waals surface area contributed by atoms with Gasteiger partial charge < -0.3 is 18.9 Å². The zero-order valence-electron chi connectivity index (χ0n) is 25.2. The summed E-state index contributed by atoms with van der Waals surface area (Å²) in [6.07, 6.45) is 8.71. The van der Waals surface area contributed by atoms with E-state index in [2.05, 4.69) is 13.8 Å². The number of hydrogen-bond donors (Lipinski definition) is 0. The average Bonchev–Trinajstić information content (AvgIpc) is 2.99. The zero-order chi connectivity index (χ0) is 31.0. The monoisotopic (exact) mass is 588 g/mol. The number of aryl methyl sites for hydroxylation is 1. The van der Waals surface area contributed by atoms with Crippen LogP contribution in [0.1, 0.15) is 104 Å². The van der Waals surface area contributed by atoms with E-state index in [-0.39, 0.29) is 17.7 Å². The molecule has 0 heterocycles. The summed E-state index contributed by atoms with van der Waals surface area (Å²) in [5.74, 6) is -0.423. The van der Waals surface area contributed by atoms with Gasteiger partial charge in [0.05, 0.1) is 11.1 Å². The predicted octanol–water partition coefficient (Wildman–Crippen LogP) is 8.19. The van der Waals surface area contributed by atoms with Gasteiger partial charge in [-0.15, -0.1) is 0 Å². The molecule has 0 unspecified atom stereocenters. The van der Waals surface area contributed by atoms with Gasteiger partial charge in [-0.05, 0) is 92.1 Å². The van der Waals surface area contributed by atoms with Crippen LogP contribution in [0.3, 0.4) is 0 Å². The molecule has 0 fully saturated rings. The van der Waals surface area contributed by atoms with Crippen molar-refractivity contribution in [1.82, 2.24) is 0 Å². The van der Waals surface area contributed by atoms with Crippen LogP contribution in [0.5, 0.6) is 23.0 Å². The van der Waals surface area contributed by atoms with Crippen molar-refractivity contribution in [2.75, 3.05) is 0 Å². The molecule has 0 spiro atoms. The number of rotatable bonds is 16. The molecule has 0 N–H and O–H groups in total. The van der Waals surface area contributed by atoms with Crippen LogP contribution in [-0.4, -0.2) is 23.9 Å². The zero-order valence-corrected chi connectivity index (χ0v) is 25.2. The summed E-state index contributed by atoms with van der Waals surface area (Å²) in [6.45, 7) is 5.94. The second-order valence-electron chi connectivity index (χ2n) is 10.3. The predicted molar refractivity (Wildman–Crippen MR) is 163 cm³/mol. The molecule has 0 saturated heterocycles. The number of ether oxygens (including phenoxy) is 4. The summed E-state index contributed by atoms with van der Waals surface area (Å²) in [5.41, 5.74) is 1.18. The summed E-state index contributed by atoms with van der Waals surface area (Å²) in [4.78, 5) is 49.2. The van der Waals surface area contributed by atoms with Crippen molar-refractivity contribution in [1.29, 1.82) is 0 Å². The van der Waals surface area contributed by atoms with Crippen LogP contribution in [0, 0.1) is 6.92 Å². The smallest absolute Gasteiger partial charge is 0.343 e. The Balaban J connectivity index is 1.49. The van der Waals surface area contributed by atoms with E-state index in [0.29, 0.717) is 46.8 Å². The lowest BCUT2D eigenvalue weighted by molar-refractivity contribution is -0.135. The Hall–Kier alpha value is -4.46. The van der Waals surface area contributed by atoms with Gasteiger partial charge in [0.1, 0.15) is 23.0 Å². The van der Waals surface area contributed by atoms with Crippen LogP contribution in [-0.2, 0) is 9.59 Å². The summed E-state index contributed by atoms with van der Waals surface area (Å²) < 4.78 is 21.7. The maximum Gasteiger partial charge on any atom is 0.343 e. The number of esters is 4. The van der Waals surface area contributed by atoms with Crippen molar-refractivity contribution in [3.8, 4) is 23.0 Å². The Morgan fingerprint density at radius 3 is 1.47 bits per heavy atom. The summed E-state index contributed by atoms with van der Waals surface area (Å²) in [5, 5.41) is 0. The standard InChI is InChI=1S/C35H40O8/c1-4-6-8-9-11-13-33(37)41-29-20-16-27(17-21-29)35(39)43-31-23-22-30(24-25(31)3)42-34(38)26-14-18-28(19-15-26)40-32(36)12-10-7-5-2/h14-24H,4-13H2,1-3H3. The lowest BCUT2D eigenvalue weighted by Gasteiger charge is -2.11. The largest absolute Gasteiger partial charge is 0.427 e. The first-order valence-corrected chi connectivity index (χ1v) is 15.0. The quantitative estimate of drug-likeness (QED) is 0.0937. The Bertz CT molecular complexity index is 1360. The molecule has 0 aromatic heterocycles. The Morgan fingerprint density at radius 1 is 0.512 bits per heavy atom. The van der Waals surface area contributed by atoms with Gasteiger partial charge >= 0.3 is 23.9 Å². The third-order valence-corrected chi connectivity index (χ3v) is 6.67. The van der Waals surface area contributed by atoms with Gasteiger partial charge in [0.15, 0.2) is 0 Å². The van der Waals surface area contributed by atoms with Crippen LogP contribution < -0.4 is 18.9 Å². The SMILES string of the molecule is CCCCCCCC(=O)Oc1ccc(C(=O)Oc2ccc(OC(=O)c3ccc(OC(=O)CCCCC)cc3)cc2C)cc1. The van der Waals surface area contributed by atoms with Crippen molar-refractivity contribution in [2.45, 2.75) is 85.0 Å². The van der Waals surface area contributed by atoms with Crippen LogP contribution >= 0.6 is 0 Å². The molecule has 8 heteroatoms. The van der Waals surface area contributed by atoms with E-state index < -0.39 is 11.9 Å². The molecule has 0 atom stereocenters. The average molecular weight is 589 g/mol. The Kier molecular flexibility index (Phi) is 13.4. The van der Waals surface area contributed by atoms with Crippen LogP contribution in [0.2, 0.25) is 0 Å². The molecular weight excluding hydrogens is 548 g/mol. The Labute approximate surface area is 253 Å². The normalized spacial score (nSPS) is 10.6. The highest BCUT2D eigenvalue weighted by molar-refractivity contribution is 5.92. The van der Waals surface area contributed by atoms with Crippen LogP contribution in [0.25, 0.3) is 0 Å². The molecule has 3 aromatic carbocycles. The highest BCUT2D eigenvalue weighted by atomic mass is 16.5. The van der Waals surface area contributed by atoms with E-state index in [4.69, 9.17) is 18.9 Å². The van der Waals surface area contributed by atoms with E-state index in [9.17, 15) is 19.2 Å². The second-order valence-corrected chi connectivity index (χ2v) is 10.3. The van der Waals surface area contributed by atoms with E-state index in [0.717, 1.165) is 44.9 Å². The summed E-state index contributed by atoms with van der Waals surface area (Å²) >= 11 is 0. The van der Waals surface area contributed by atoms with Crippen molar-refractivity contribution in [3.63, 3.8) is 0 Å². The molecule has 3 aromatic rings. The molecule has 0 aliphatic heterocycles. The second kappa shape index (κ2) is 17.5. The molecular formula is C35H40O8. The topological polar surface area (TPSA) is 105 Å². The lowest BCUT2D eigenvalue weighted by Crippen LogP contribution is -2.11. The fraction of sp³-hybridized carbons (Fsp3) is 0.371. The van der Waals surface area contributed by atoms with Crippen molar-refractivity contribution in [3.05, 3.63) is 83.4 Å². The lowest BCUT2D eigenvalue weighted by atomic mass is 10.1. The molecule has 3 rings (SSSR count). The minimum atomic E-state index is -0.581. The molecule has 0 aliphatic rings. The summed E-state index contributed by atoms with van der Waals surface area (Å²) in [7, 11) is 0. The molecule has 0 amide bonds. The van der Waals surface area contributed by atoms with E-state index in [1.54, 1.807) is 43.3 Å². The van der Waals surface area contributed by atoms with Crippen molar-refractivity contribution in [2.24, 2.45) is 0 Å². The van der Waals surface area contributed by atoms with E-state index in [1.165, 1.54) is 36.8 Å². The molecule has 0 aliphatic carbocycles. The third kappa shape index (κ3) is 11.4. The van der Waals surface area contributed by atoms with Crippen LogP contribution in [0.15, 0.2) is 66.7 Å². The van der Waals surface area contributed by atoms with Gasteiger partial charge in [0.2, 0.25) is 0 Å². The fourth-order valence-electron chi connectivity index (χ4n) is 4.20. The number of carbonyl (C=O) groups is 4. The van der Waals surface area contributed by atoms with Crippen molar-refractivity contribution >= 4 is 23.9 Å². The first-order chi connectivity index (χ1) is 20.8. The molecule has 8 nitrogen and oxygen atoms in total. The highest BCUT2D eigenvalue weighted by Gasteiger charge is 2.15. The molecule has 0 saturated carbocycles. The molecule has 0 radical (unpaired) electrons. The van der Waals surface area contributed by atoms with Gasteiger partial charge in [-0.25, -0.2) is 9.59 Å². The number of unbranched alkanes of at least 4 members (excludes halogenated alkanes) is 6. The highest BCUT2D eigenvalue weighted by Crippen LogP contribution is 2.26. The van der Waals surface area contributed by atoms with E-state index >= 15 is 0 Å². The number of carbonyl (C=O) groups excluding carboxylic acids is 4. The van der Waals surface area contributed by atoms with Gasteiger partial charge in [0.25, 0.3) is 0 Å². The maximum atomic E-state index is 12.7. The first-order valence-electron chi connectivity index (χ1n) is 15.0. The van der Waals surface area contributed by atoms with Gasteiger partial charge in [-0.2, -0.15) is 0 Å². The maximum absolute atomic E-state index is 12.7. The number of hydrogen-bond acceptors (Lipinski definition) is 8. The van der Waals surface area contributed by atoms with Gasteiger partial charge in [-0.3, -0.25) is 9.59 Å². The minimum absolute atomic E-state index is 0.283. The molecule has 0 bridgehead atoms. The molecule has 228 valence electrons. The number of benzene rings is 3. The van der Waals surface area contributed by atoms with Gasteiger partial charge in [0, 0.05) is 12.8 Å². The Morgan fingerprint density at radius 2 is 0.953 bits per heavy atom.